The lowest BCUT2D eigenvalue weighted by Crippen LogP contribution is -2.49. The Morgan fingerprint density at radius 2 is 2.23 bits per heavy atom. The van der Waals surface area contributed by atoms with Gasteiger partial charge in [0.1, 0.15) is 12.2 Å². The third kappa shape index (κ3) is 2.85. The number of β-lactam (4-membered cyclic amide) rings is 1. The topological polar surface area (TPSA) is 72.5 Å². The Morgan fingerprint density at radius 3 is 2.69 bits per heavy atom. The van der Waals surface area contributed by atoms with E-state index >= 15 is 0 Å². The number of nitrogens with one attached hydrogen (secondary N) is 1. The SMILES string of the molecule is COC(=O)CC(=O)C[C@@H]1CC(=O)N1. The number of ether oxygens (including phenoxy) is 1. The van der Waals surface area contributed by atoms with E-state index in [-0.39, 0.29) is 30.6 Å². The highest BCUT2D eigenvalue weighted by atomic mass is 16.5. The molecule has 0 bridgehead atoms. The van der Waals surface area contributed by atoms with Gasteiger partial charge in [-0.05, 0) is 0 Å². The summed E-state index contributed by atoms with van der Waals surface area (Å²) in [6, 6.07) is -0.0790. The van der Waals surface area contributed by atoms with Crippen LogP contribution in [0.2, 0.25) is 0 Å². The summed E-state index contributed by atoms with van der Waals surface area (Å²) in [5.41, 5.74) is 0. The second-order valence-electron chi connectivity index (χ2n) is 2.96. The van der Waals surface area contributed by atoms with Crippen LogP contribution in [0.25, 0.3) is 0 Å². The molecular weight excluding hydrogens is 174 g/mol. The summed E-state index contributed by atoms with van der Waals surface area (Å²) >= 11 is 0. The number of hydrogen-bond donors (Lipinski definition) is 1. The monoisotopic (exact) mass is 185 g/mol. The lowest BCUT2D eigenvalue weighted by atomic mass is 9.99. The van der Waals surface area contributed by atoms with Gasteiger partial charge in [0.2, 0.25) is 5.91 Å². The molecule has 5 heteroatoms. The van der Waals surface area contributed by atoms with E-state index in [0.717, 1.165) is 0 Å². The highest BCUT2D eigenvalue weighted by Gasteiger charge is 2.27. The third-order valence-corrected chi connectivity index (χ3v) is 1.84. The Hall–Kier alpha value is -1.39. The van der Waals surface area contributed by atoms with E-state index in [9.17, 15) is 14.4 Å². The molecule has 0 aromatic rings. The second kappa shape index (κ2) is 4.02. The van der Waals surface area contributed by atoms with E-state index in [1.807, 2.05) is 0 Å². The number of rotatable bonds is 4. The summed E-state index contributed by atoms with van der Waals surface area (Å²) in [7, 11) is 1.24. The highest BCUT2D eigenvalue weighted by molar-refractivity contribution is 5.96. The number of esters is 1. The number of carbonyl (C=O) groups excluding carboxylic acids is 3. The van der Waals surface area contributed by atoms with Gasteiger partial charge in [0.15, 0.2) is 0 Å². The average molecular weight is 185 g/mol. The molecule has 1 amide bonds. The fourth-order valence-corrected chi connectivity index (χ4v) is 1.13. The Balaban J connectivity index is 2.18. The van der Waals surface area contributed by atoms with Crippen molar-refractivity contribution in [1.29, 1.82) is 0 Å². The van der Waals surface area contributed by atoms with E-state index in [0.29, 0.717) is 6.42 Å². The molecule has 1 fully saturated rings. The summed E-state index contributed by atoms with van der Waals surface area (Å²) in [6.45, 7) is 0. The zero-order valence-corrected chi connectivity index (χ0v) is 7.33. The molecule has 0 saturated carbocycles. The van der Waals surface area contributed by atoms with Gasteiger partial charge < -0.3 is 10.1 Å². The minimum absolute atomic E-state index is 0.0455. The summed E-state index contributed by atoms with van der Waals surface area (Å²) in [4.78, 5) is 32.2. The van der Waals surface area contributed by atoms with Gasteiger partial charge in [-0.2, -0.15) is 0 Å². The zero-order chi connectivity index (χ0) is 9.84. The summed E-state index contributed by atoms with van der Waals surface area (Å²) < 4.78 is 4.33. The Kier molecular flexibility index (Phi) is 3.00. The molecule has 0 spiro atoms. The van der Waals surface area contributed by atoms with Crippen LogP contribution in [0, 0.1) is 0 Å². The predicted molar refractivity (Wildman–Crippen MR) is 42.8 cm³/mol. The zero-order valence-electron chi connectivity index (χ0n) is 7.33. The smallest absolute Gasteiger partial charge is 0.313 e. The molecule has 0 radical (unpaired) electrons. The lowest BCUT2D eigenvalue weighted by molar-refractivity contribution is -0.143. The van der Waals surface area contributed by atoms with Crippen molar-refractivity contribution in [3.8, 4) is 0 Å². The van der Waals surface area contributed by atoms with E-state index in [1.165, 1.54) is 7.11 Å². The van der Waals surface area contributed by atoms with Gasteiger partial charge >= 0.3 is 5.97 Å². The number of ketones is 1. The number of amides is 1. The minimum Gasteiger partial charge on any atom is -0.469 e. The molecule has 1 heterocycles. The highest BCUT2D eigenvalue weighted by Crippen LogP contribution is 2.09. The maximum atomic E-state index is 11.1. The van der Waals surface area contributed by atoms with Crippen LogP contribution in [0.4, 0.5) is 0 Å². The fraction of sp³-hybridized carbons (Fsp3) is 0.625. The molecule has 72 valence electrons. The van der Waals surface area contributed by atoms with Crippen molar-refractivity contribution in [2.24, 2.45) is 0 Å². The molecule has 1 aliphatic rings. The van der Waals surface area contributed by atoms with Gasteiger partial charge in [0.05, 0.1) is 7.11 Å². The van der Waals surface area contributed by atoms with Crippen molar-refractivity contribution in [3.63, 3.8) is 0 Å². The molecule has 0 aromatic carbocycles. The first kappa shape index (κ1) is 9.70. The van der Waals surface area contributed by atoms with E-state index in [1.54, 1.807) is 0 Å². The van der Waals surface area contributed by atoms with Gasteiger partial charge in [-0.25, -0.2) is 0 Å². The minimum atomic E-state index is -0.532. The van der Waals surface area contributed by atoms with Crippen LogP contribution < -0.4 is 5.32 Å². The number of methoxy groups -OCH3 is 1. The van der Waals surface area contributed by atoms with Crippen LogP contribution >= 0.6 is 0 Å². The molecule has 1 N–H and O–H groups in total. The molecular formula is C8H11NO4. The van der Waals surface area contributed by atoms with Crippen LogP contribution in [0.3, 0.4) is 0 Å². The second-order valence-corrected chi connectivity index (χ2v) is 2.96. The first-order valence-corrected chi connectivity index (χ1v) is 3.99. The first-order valence-electron chi connectivity index (χ1n) is 3.99. The van der Waals surface area contributed by atoms with Crippen LogP contribution in [0.5, 0.6) is 0 Å². The van der Waals surface area contributed by atoms with Crippen molar-refractivity contribution in [2.45, 2.75) is 25.3 Å². The molecule has 0 aromatic heterocycles. The Morgan fingerprint density at radius 1 is 1.62 bits per heavy atom. The molecule has 1 aliphatic heterocycles. The lowest BCUT2D eigenvalue weighted by Gasteiger charge is -2.25. The normalized spacial score (nSPS) is 20.1. The fourth-order valence-electron chi connectivity index (χ4n) is 1.13. The maximum absolute atomic E-state index is 11.1. The van der Waals surface area contributed by atoms with Crippen molar-refractivity contribution in [2.75, 3.05) is 7.11 Å². The van der Waals surface area contributed by atoms with Gasteiger partial charge in [0, 0.05) is 18.9 Å². The summed E-state index contributed by atoms with van der Waals surface area (Å²) in [5, 5.41) is 2.55. The van der Waals surface area contributed by atoms with E-state index < -0.39 is 5.97 Å². The Bertz CT molecular complexity index is 241. The largest absolute Gasteiger partial charge is 0.469 e. The number of carbonyl (C=O) groups is 3. The molecule has 0 unspecified atom stereocenters. The van der Waals surface area contributed by atoms with Gasteiger partial charge in [-0.15, -0.1) is 0 Å². The number of hydrogen-bond acceptors (Lipinski definition) is 4. The first-order chi connectivity index (χ1) is 6.11. The van der Waals surface area contributed by atoms with Gasteiger partial charge in [-0.1, -0.05) is 0 Å². The van der Waals surface area contributed by atoms with Gasteiger partial charge in [0.25, 0.3) is 0 Å². The summed E-state index contributed by atoms with van der Waals surface area (Å²) in [5.74, 6) is -0.775. The summed E-state index contributed by atoms with van der Waals surface area (Å²) in [6.07, 6.45) is 0.399. The van der Waals surface area contributed by atoms with Crippen LogP contribution in [-0.2, 0) is 19.1 Å². The van der Waals surface area contributed by atoms with Gasteiger partial charge in [-0.3, -0.25) is 14.4 Å². The molecule has 1 rings (SSSR count). The molecule has 5 nitrogen and oxygen atoms in total. The van der Waals surface area contributed by atoms with Crippen molar-refractivity contribution in [1.82, 2.24) is 5.32 Å². The molecule has 1 saturated heterocycles. The van der Waals surface area contributed by atoms with Crippen molar-refractivity contribution >= 4 is 17.7 Å². The third-order valence-electron chi connectivity index (χ3n) is 1.84. The standard InChI is InChI=1S/C8H11NO4/c1-13-8(12)4-6(10)2-5-3-7(11)9-5/h5H,2-4H2,1H3,(H,9,11)/t5-/m1/s1. The quantitative estimate of drug-likeness (QED) is 0.360. The van der Waals surface area contributed by atoms with E-state index in [2.05, 4.69) is 10.1 Å². The Labute approximate surface area is 75.4 Å². The van der Waals surface area contributed by atoms with Crippen molar-refractivity contribution < 1.29 is 19.1 Å². The van der Waals surface area contributed by atoms with E-state index in [4.69, 9.17) is 0 Å². The molecule has 0 aliphatic carbocycles. The van der Waals surface area contributed by atoms with Crippen LogP contribution in [0.15, 0.2) is 0 Å². The molecule has 1 atom stereocenters. The average Bonchev–Trinajstić information content (AvgIpc) is 2.01. The van der Waals surface area contributed by atoms with Crippen molar-refractivity contribution in [3.05, 3.63) is 0 Å². The molecule has 13 heavy (non-hydrogen) atoms. The predicted octanol–water partition coefficient (Wildman–Crippen LogP) is -0.603. The van der Waals surface area contributed by atoms with Crippen LogP contribution in [-0.4, -0.2) is 30.8 Å². The maximum Gasteiger partial charge on any atom is 0.313 e. The van der Waals surface area contributed by atoms with Crippen LogP contribution in [0.1, 0.15) is 19.3 Å². The number of Topliss-reactive ketones (excluding diaryl/α,β-unsaturated/α-hetero) is 1.